The summed E-state index contributed by atoms with van der Waals surface area (Å²) in [4.78, 5) is 0. The fraction of sp³-hybridized carbons (Fsp3) is 0.600. The summed E-state index contributed by atoms with van der Waals surface area (Å²) in [6, 6.07) is 3.92. The van der Waals surface area contributed by atoms with Crippen LogP contribution in [0.3, 0.4) is 0 Å². The average molecular weight is 208 g/mol. The van der Waals surface area contributed by atoms with E-state index >= 15 is 0 Å². The molecule has 2 rings (SSSR count). The molecular weight excluding hydrogens is 192 g/mol. The number of hydrogen-bond donors (Lipinski definition) is 2. The maximum absolute atomic E-state index is 5.46. The van der Waals surface area contributed by atoms with Crippen LogP contribution in [0.5, 0.6) is 0 Å². The Kier molecular flexibility index (Phi) is 3.01. The van der Waals surface area contributed by atoms with Crippen LogP contribution in [0.1, 0.15) is 19.3 Å². The molecule has 0 aliphatic heterocycles. The van der Waals surface area contributed by atoms with Crippen molar-refractivity contribution in [3.8, 4) is 0 Å². The summed E-state index contributed by atoms with van der Waals surface area (Å²) in [5.41, 5.74) is 5.46. The van der Waals surface area contributed by atoms with E-state index in [0.717, 1.165) is 18.7 Å². The van der Waals surface area contributed by atoms with E-state index in [2.05, 4.69) is 15.5 Å². The lowest BCUT2D eigenvalue weighted by Gasteiger charge is -2.19. The maximum Gasteiger partial charge on any atom is 0.149 e. The van der Waals surface area contributed by atoms with Crippen molar-refractivity contribution in [3.63, 3.8) is 0 Å². The van der Waals surface area contributed by atoms with Crippen molar-refractivity contribution in [1.82, 2.24) is 10.2 Å². The second kappa shape index (κ2) is 4.44. The van der Waals surface area contributed by atoms with Crippen LogP contribution in [0.2, 0.25) is 0 Å². The molecule has 2 unspecified atom stereocenters. The molecule has 1 aliphatic carbocycles. The van der Waals surface area contributed by atoms with Crippen LogP contribution in [0.15, 0.2) is 12.1 Å². The third-order valence-corrected chi connectivity index (χ3v) is 2.77. The molecule has 15 heavy (non-hydrogen) atoms. The fourth-order valence-electron chi connectivity index (χ4n) is 1.98. The van der Waals surface area contributed by atoms with Gasteiger partial charge in [0.2, 0.25) is 0 Å². The van der Waals surface area contributed by atoms with E-state index in [1.54, 1.807) is 13.2 Å². The maximum atomic E-state index is 5.46. The third-order valence-electron chi connectivity index (χ3n) is 2.77. The molecule has 5 heteroatoms. The minimum Gasteiger partial charge on any atom is -0.382 e. The molecule has 5 nitrogen and oxygen atoms in total. The van der Waals surface area contributed by atoms with Crippen LogP contribution in [0, 0.1) is 0 Å². The van der Waals surface area contributed by atoms with E-state index in [-0.39, 0.29) is 6.10 Å². The molecular formula is C10H16N4O. The standard InChI is InChI=1S/C10H16N4O/c1-15-8-4-2-3-7(8)12-10-6-5-9(11)13-14-10/h5-8H,2-4H2,1H3,(H2,11,13)(H,12,14). The number of anilines is 2. The molecule has 0 amide bonds. The number of methoxy groups -OCH3 is 1. The van der Waals surface area contributed by atoms with Gasteiger partial charge in [0.15, 0.2) is 0 Å². The Morgan fingerprint density at radius 1 is 1.40 bits per heavy atom. The van der Waals surface area contributed by atoms with E-state index in [1.807, 2.05) is 6.07 Å². The van der Waals surface area contributed by atoms with Crippen LogP contribution < -0.4 is 11.1 Å². The normalized spacial score (nSPS) is 25.4. The highest BCUT2D eigenvalue weighted by molar-refractivity contribution is 5.39. The lowest BCUT2D eigenvalue weighted by atomic mass is 10.2. The van der Waals surface area contributed by atoms with Crippen LogP contribution in [0.25, 0.3) is 0 Å². The summed E-state index contributed by atoms with van der Waals surface area (Å²) in [5, 5.41) is 11.1. The molecule has 1 aliphatic rings. The SMILES string of the molecule is COC1CCCC1Nc1ccc(N)nn1. The van der Waals surface area contributed by atoms with E-state index in [0.29, 0.717) is 11.9 Å². The molecule has 82 valence electrons. The molecule has 3 N–H and O–H groups in total. The number of nitrogens with two attached hydrogens (primary N) is 1. The van der Waals surface area contributed by atoms with Gasteiger partial charge in [-0.15, -0.1) is 10.2 Å². The molecule has 0 bridgehead atoms. The van der Waals surface area contributed by atoms with Crippen LogP contribution in [-0.2, 0) is 4.74 Å². The summed E-state index contributed by atoms with van der Waals surface area (Å²) in [6.45, 7) is 0. The highest BCUT2D eigenvalue weighted by Crippen LogP contribution is 2.24. The van der Waals surface area contributed by atoms with Gasteiger partial charge in [0.05, 0.1) is 12.1 Å². The van der Waals surface area contributed by atoms with Gasteiger partial charge in [0.1, 0.15) is 11.6 Å². The zero-order valence-corrected chi connectivity index (χ0v) is 8.81. The Labute approximate surface area is 89.0 Å². The van der Waals surface area contributed by atoms with Gasteiger partial charge >= 0.3 is 0 Å². The van der Waals surface area contributed by atoms with Gasteiger partial charge in [-0.05, 0) is 31.4 Å². The summed E-state index contributed by atoms with van der Waals surface area (Å²) >= 11 is 0. The second-order valence-electron chi connectivity index (χ2n) is 3.80. The minimum absolute atomic E-state index is 0.282. The fourth-order valence-corrected chi connectivity index (χ4v) is 1.98. The average Bonchev–Trinajstić information content (AvgIpc) is 2.69. The van der Waals surface area contributed by atoms with Gasteiger partial charge in [0.25, 0.3) is 0 Å². The predicted octanol–water partition coefficient (Wildman–Crippen LogP) is 1.04. The van der Waals surface area contributed by atoms with Crippen LogP contribution in [-0.4, -0.2) is 29.5 Å². The van der Waals surface area contributed by atoms with Crippen molar-refractivity contribution in [3.05, 3.63) is 12.1 Å². The zero-order chi connectivity index (χ0) is 10.7. The van der Waals surface area contributed by atoms with Crippen molar-refractivity contribution in [2.75, 3.05) is 18.2 Å². The van der Waals surface area contributed by atoms with Crippen molar-refractivity contribution >= 4 is 11.6 Å². The van der Waals surface area contributed by atoms with Gasteiger partial charge in [-0.3, -0.25) is 0 Å². The third kappa shape index (κ3) is 2.36. The monoisotopic (exact) mass is 208 g/mol. The number of ether oxygens (including phenoxy) is 1. The topological polar surface area (TPSA) is 73.1 Å². The van der Waals surface area contributed by atoms with Gasteiger partial charge in [-0.25, -0.2) is 0 Å². The Hall–Kier alpha value is -1.36. The van der Waals surface area contributed by atoms with E-state index in [1.165, 1.54) is 6.42 Å². The molecule has 1 heterocycles. The molecule has 0 spiro atoms. The first-order chi connectivity index (χ1) is 7.29. The summed E-state index contributed by atoms with van der Waals surface area (Å²) < 4.78 is 5.38. The van der Waals surface area contributed by atoms with Gasteiger partial charge in [-0.2, -0.15) is 0 Å². The summed E-state index contributed by atoms with van der Waals surface area (Å²) in [6.07, 6.45) is 3.70. The summed E-state index contributed by atoms with van der Waals surface area (Å²) in [7, 11) is 1.75. The highest BCUT2D eigenvalue weighted by Gasteiger charge is 2.27. The van der Waals surface area contributed by atoms with Crippen molar-refractivity contribution in [2.24, 2.45) is 0 Å². The molecule has 1 aromatic rings. The number of nitrogens with zero attached hydrogens (tertiary/aromatic N) is 2. The lowest BCUT2D eigenvalue weighted by Crippen LogP contribution is -2.30. The largest absolute Gasteiger partial charge is 0.382 e. The first-order valence-electron chi connectivity index (χ1n) is 5.18. The first-order valence-corrected chi connectivity index (χ1v) is 5.18. The minimum atomic E-state index is 0.282. The molecule has 1 saturated carbocycles. The number of rotatable bonds is 3. The molecule has 0 aromatic carbocycles. The van der Waals surface area contributed by atoms with E-state index < -0.39 is 0 Å². The molecule has 1 fully saturated rings. The predicted molar refractivity (Wildman–Crippen MR) is 58.5 cm³/mol. The quantitative estimate of drug-likeness (QED) is 0.776. The summed E-state index contributed by atoms with van der Waals surface area (Å²) in [5.74, 6) is 1.20. The molecule has 1 aromatic heterocycles. The van der Waals surface area contributed by atoms with Crippen molar-refractivity contribution < 1.29 is 4.74 Å². The van der Waals surface area contributed by atoms with E-state index in [4.69, 9.17) is 10.5 Å². The van der Waals surface area contributed by atoms with E-state index in [9.17, 15) is 0 Å². The number of aromatic nitrogens is 2. The number of nitrogens with one attached hydrogen (secondary N) is 1. The molecule has 0 saturated heterocycles. The van der Waals surface area contributed by atoms with Gasteiger partial charge in [-0.1, -0.05) is 0 Å². The zero-order valence-electron chi connectivity index (χ0n) is 8.81. The Morgan fingerprint density at radius 2 is 2.27 bits per heavy atom. The Balaban J connectivity index is 1.99. The smallest absolute Gasteiger partial charge is 0.149 e. The molecule has 0 radical (unpaired) electrons. The van der Waals surface area contributed by atoms with Crippen molar-refractivity contribution in [2.45, 2.75) is 31.4 Å². The van der Waals surface area contributed by atoms with Crippen LogP contribution in [0.4, 0.5) is 11.6 Å². The van der Waals surface area contributed by atoms with Gasteiger partial charge in [0, 0.05) is 7.11 Å². The number of nitrogen functional groups attached to an aromatic ring is 1. The first kappa shape index (κ1) is 10.2. The number of hydrogen-bond acceptors (Lipinski definition) is 5. The Bertz CT molecular complexity index is 314. The lowest BCUT2D eigenvalue weighted by molar-refractivity contribution is 0.101. The second-order valence-corrected chi connectivity index (χ2v) is 3.80. The molecule has 2 atom stereocenters. The van der Waals surface area contributed by atoms with Crippen LogP contribution >= 0.6 is 0 Å². The Morgan fingerprint density at radius 3 is 2.93 bits per heavy atom. The van der Waals surface area contributed by atoms with Gasteiger partial charge < -0.3 is 15.8 Å². The van der Waals surface area contributed by atoms with Crippen molar-refractivity contribution in [1.29, 1.82) is 0 Å². The highest BCUT2D eigenvalue weighted by atomic mass is 16.5.